The normalized spacial score (nSPS) is 36.8. The Kier molecular flexibility index (Phi) is 13.3. The molecule has 0 aromatic carbocycles. The Morgan fingerprint density at radius 3 is 2.50 bits per heavy atom. The van der Waals surface area contributed by atoms with E-state index < -0.39 is 0 Å². The molecule has 42 heavy (non-hydrogen) atoms. The Balaban J connectivity index is 1.22. The lowest BCUT2D eigenvalue weighted by atomic mass is 9.44. The fourth-order valence-corrected chi connectivity index (χ4v) is 10.7. The first-order valence-electron chi connectivity index (χ1n) is 18.6. The number of fused-ring (bicyclic) bond motifs is 5. The zero-order chi connectivity index (χ0) is 30.0. The quantitative estimate of drug-likeness (QED) is 0.132. The largest absolute Gasteiger partial charge is 0.374 e. The monoisotopic (exact) mass is 585 g/mol. The highest BCUT2D eigenvalue weighted by atomic mass is 16.5. The minimum atomic E-state index is 0.269. The molecule has 4 saturated carbocycles. The van der Waals surface area contributed by atoms with Gasteiger partial charge in [0.1, 0.15) is 0 Å². The first-order valence-corrected chi connectivity index (χ1v) is 18.6. The van der Waals surface area contributed by atoms with Crippen LogP contribution in [-0.4, -0.2) is 31.7 Å². The summed E-state index contributed by atoms with van der Waals surface area (Å²) in [6.07, 6.45) is 28.9. The molecule has 0 radical (unpaired) electrons. The highest BCUT2D eigenvalue weighted by molar-refractivity contribution is 5.75. The van der Waals surface area contributed by atoms with Crippen molar-refractivity contribution < 1.29 is 9.53 Å². The van der Waals surface area contributed by atoms with Crippen molar-refractivity contribution in [1.82, 2.24) is 5.32 Å². The molecule has 0 unspecified atom stereocenters. The molecular weight excluding hydrogens is 516 g/mol. The van der Waals surface area contributed by atoms with Crippen LogP contribution in [-0.2, 0) is 9.53 Å². The van der Waals surface area contributed by atoms with Crippen LogP contribution in [0.15, 0.2) is 12.2 Å². The van der Waals surface area contributed by atoms with Gasteiger partial charge in [0, 0.05) is 13.0 Å². The van der Waals surface area contributed by atoms with E-state index >= 15 is 0 Å². The zero-order valence-corrected chi connectivity index (χ0v) is 28.1. The first kappa shape index (κ1) is 34.0. The molecule has 1 amide bonds. The van der Waals surface area contributed by atoms with E-state index in [0.29, 0.717) is 29.3 Å². The first-order chi connectivity index (χ1) is 20.3. The summed E-state index contributed by atoms with van der Waals surface area (Å²) in [4.78, 5) is 12.6. The Morgan fingerprint density at radius 2 is 1.69 bits per heavy atom. The van der Waals surface area contributed by atoms with Crippen molar-refractivity contribution in [2.45, 2.75) is 156 Å². The van der Waals surface area contributed by atoms with Crippen LogP contribution in [0.2, 0.25) is 0 Å². The van der Waals surface area contributed by atoms with Gasteiger partial charge in [-0.1, -0.05) is 72.0 Å². The van der Waals surface area contributed by atoms with Crippen LogP contribution in [0.3, 0.4) is 0 Å². The molecule has 0 spiro atoms. The van der Waals surface area contributed by atoms with Crippen molar-refractivity contribution in [3.8, 4) is 0 Å². The summed E-state index contributed by atoms with van der Waals surface area (Å²) >= 11 is 0. The van der Waals surface area contributed by atoms with Gasteiger partial charge in [-0.25, -0.2) is 0 Å². The van der Waals surface area contributed by atoms with Crippen LogP contribution in [0, 0.1) is 46.3 Å². The molecule has 9 atom stereocenters. The number of unbranched alkanes of at least 4 members (excludes halogenated alkanes) is 6. The fourth-order valence-electron chi connectivity index (χ4n) is 10.7. The van der Waals surface area contributed by atoms with Gasteiger partial charge in [-0.15, -0.1) is 0 Å². The second-order valence-corrected chi connectivity index (χ2v) is 15.7. The van der Waals surface area contributed by atoms with E-state index in [1.165, 1.54) is 96.3 Å². The molecule has 0 saturated heterocycles. The summed E-state index contributed by atoms with van der Waals surface area (Å²) in [5, 5.41) is 3.20. The van der Waals surface area contributed by atoms with Crippen molar-refractivity contribution in [3.63, 3.8) is 0 Å². The van der Waals surface area contributed by atoms with Crippen LogP contribution in [0.5, 0.6) is 0 Å². The van der Waals surface area contributed by atoms with E-state index in [1.807, 2.05) is 0 Å². The third kappa shape index (κ3) is 8.23. The van der Waals surface area contributed by atoms with E-state index in [2.05, 4.69) is 45.2 Å². The number of hydrogen-bond donors (Lipinski definition) is 2. The number of nitrogens with one attached hydrogen (secondary N) is 1. The topological polar surface area (TPSA) is 64.3 Å². The van der Waals surface area contributed by atoms with Crippen molar-refractivity contribution in [2.24, 2.45) is 52.1 Å². The highest BCUT2D eigenvalue weighted by Gasteiger charge is 2.60. The van der Waals surface area contributed by atoms with Crippen molar-refractivity contribution in [1.29, 1.82) is 0 Å². The lowest BCUT2D eigenvalue weighted by Gasteiger charge is -2.61. The molecule has 4 rings (SSSR count). The summed E-state index contributed by atoms with van der Waals surface area (Å²) < 4.78 is 6.38. The Bertz CT molecular complexity index is 843. The Morgan fingerprint density at radius 1 is 0.929 bits per heavy atom. The summed E-state index contributed by atoms with van der Waals surface area (Å²) in [6.45, 7) is 12.5. The molecular formula is C38H68N2O2. The van der Waals surface area contributed by atoms with Gasteiger partial charge >= 0.3 is 0 Å². The standard InChI is InChI=1S/C38H68N2O2/c1-5-6-7-11-14-27-42-31-21-23-37(3)30(28-31)16-17-32-34-19-18-33(38(34,4)24-22-35(32)37)29(2)15-20-36(41)40-26-13-10-8-9-12-25-39/h11,14,29-35H,5-10,12-13,15-28,39H2,1-4H3,(H,40,41)/b14-11+/t29-,30-,31+,32+,33-,34+,35+,37+,38-/m1/s1. The molecule has 4 aliphatic carbocycles. The van der Waals surface area contributed by atoms with Gasteiger partial charge in [-0.05, 0) is 136 Å². The maximum Gasteiger partial charge on any atom is 0.220 e. The van der Waals surface area contributed by atoms with Gasteiger partial charge in [0.15, 0.2) is 0 Å². The minimum Gasteiger partial charge on any atom is -0.374 e. The van der Waals surface area contributed by atoms with Crippen LogP contribution in [0.4, 0.5) is 0 Å². The average Bonchev–Trinajstić information content (AvgIpc) is 3.34. The number of allylic oxidation sites excluding steroid dienone is 1. The Hall–Kier alpha value is -0.870. The van der Waals surface area contributed by atoms with Crippen LogP contribution in [0.1, 0.15) is 150 Å². The third-order valence-corrected chi connectivity index (χ3v) is 13.2. The van der Waals surface area contributed by atoms with Gasteiger partial charge < -0.3 is 15.8 Å². The number of carbonyl (C=O) groups excluding carboxylic acids is 1. The number of hydrogen-bond acceptors (Lipinski definition) is 3. The number of ether oxygens (including phenoxy) is 1. The Labute approximate surface area is 260 Å². The number of rotatable bonds is 17. The number of amides is 1. The van der Waals surface area contributed by atoms with Crippen molar-refractivity contribution >= 4 is 5.91 Å². The lowest BCUT2D eigenvalue weighted by Crippen LogP contribution is -2.54. The lowest BCUT2D eigenvalue weighted by molar-refractivity contribution is -0.135. The molecule has 0 aromatic heterocycles. The molecule has 0 aliphatic heterocycles. The second-order valence-electron chi connectivity index (χ2n) is 15.7. The van der Waals surface area contributed by atoms with Gasteiger partial charge in [-0.3, -0.25) is 4.79 Å². The van der Waals surface area contributed by atoms with E-state index in [1.54, 1.807) is 0 Å². The van der Waals surface area contributed by atoms with Crippen molar-refractivity contribution in [2.75, 3.05) is 19.7 Å². The fraction of sp³-hybridized carbons (Fsp3) is 0.921. The van der Waals surface area contributed by atoms with E-state index in [9.17, 15) is 4.79 Å². The van der Waals surface area contributed by atoms with Gasteiger partial charge in [0.2, 0.25) is 5.91 Å². The summed E-state index contributed by atoms with van der Waals surface area (Å²) in [5.41, 5.74) is 6.58. The molecule has 3 N–H and O–H groups in total. The average molecular weight is 585 g/mol. The van der Waals surface area contributed by atoms with E-state index in [4.69, 9.17) is 10.5 Å². The molecule has 4 aliphatic rings. The zero-order valence-electron chi connectivity index (χ0n) is 28.1. The van der Waals surface area contributed by atoms with Crippen molar-refractivity contribution in [3.05, 3.63) is 12.2 Å². The SMILES string of the molecule is CCCC/C=C/CO[C@H]1CC[C@@]2(C)[C@H](CC[C@@H]3[C@@H]2CC[C@]2(C)[C@@H]([C@H](C)CCC(=O)NCCCCCCCN)CC[C@@H]32)C1. The molecule has 0 aromatic rings. The predicted octanol–water partition coefficient (Wildman–Crippen LogP) is 9.22. The molecule has 4 heteroatoms. The summed E-state index contributed by atoms with van der Waals surface area (Å²) in [7, 11) is 0. The van der Waals surface area contributed by atoms with Crippen LogP contribution in [0.25, 0.3) is 0 Å². The number of nitrogens with two attached hydrogens (primary N) is 1. The van der Waals surface area contributed by atoms with Crippen LogP contribution < -0.4 is 11.1 Å². The molecule has 4 fully saturated rings. The minimum absolute atomic E-state index is 0.269. The van der Waals surface area contributed by atoms with E-state index in [0.717, 1.165) is 68.5 Å². The summed E-state index contributed by atoms with van der Waals surface area (Å²) in [5.74, 6) is 5.30. The van der Waals surface area contributed by atoms with Gasteiger partial charge in [0.05, 0.1) is 12.7 Å². The molecule has 4 nitrogen and oxygen atoms in total. The number of carbonyl (C=O) groups is 1. The maximum absolute atomic E-state index is 12.6. The van der Waals surface area contributed by atoms with Gasteiger partial charge in [-0.2, -0.15) is 0 Å². The predicted molar refractivity (Wildman–Crippen MR) is 177 cm³/mol. The molecule has 0 bridgehead atoms. The smallest absolute Gasteiger partial charge is 0.220 e. The van der Waals surface area contributed by atoms with Crippen LogP contribution >= 0.6 is 0 Å². The summed E-state index contributed by atoms with van der Waals surface area (Å²) in [6, 6.07) is 0. The molecule has 242 valence electrons. The third-order valence-electron chi connectivity index (χ3n) is 13.2. The molecule has 0 heterocycles. The second kappa shape index (κ2) is 16.4. The maximum atomic E-state index is 12.6. The van der Waals surface area contributed by atoms with Gasteiger partial charge in [0.25, 0.3) is 0 Å². The van der Waals surface area contributed by atoms with E-state index in [-0.39, 0.29) is 5.91 Å². The highest BCUT2D eigenvalue weighted by Crippen LogP contribution is 2.68.